The van der Waals surface area contributed by atoms with Gasteiger partial charge in [0.05, 0.1) is 6.04 Å². The Bertz CT molecular complexity index is 468. The molecular weight excluding hydrogens is 334 g/mol. The molecule has 1 aliphatic heterocycles. The molecule has 0 aromatic rings. The minimum atomic E-state index is -0.552. The van der Waals surface area contributed by atoms with Gasteiger partial charge in [0.1, 0.15) is 11.2 Å². The lowest BCUT2D eigenvalue weighted by molar-refractivity contribution is 0.00863. The molecule has 1 aliphatic rings. The molecule has 1 saturated heterocycles. The van der Waals surface area contributed by atoms with Crippen molar-refractivity contribution < 1.29 is 19.1 Å². The van der Waals surface area contributed by atoms with Crippen LogP contribution in [0, 0.1) is 0 Å². The van der Waals surface area contributed by atoms with Crippen LogP contribution in [0.2, 0.25) is 0 Å². The third-order valence-electron chi connectivity index (χ3n) is 3.97. The van der Waals surface area contributed by atoms with Crippen LogP contribution in [0.3, 0.4) is 0 Å². The van der Waals surface area contributed by atoms with Gasteiger partial charge in [-0.25, -0.2) is 9.59 Å². The van der Waals surface area contributed by atoms with Crippen LogP contribution in [0.1, 0.15) is 67.2 Å². The highest BCUT2D eigenvalue weighted by Crippen LogP contribution is 2.22. The van der Waals surface area contributed by atoms with Crippen molar-refractivity contribution in [3.63, 3.8) is 0 Å². The van der Waals surface area contributed by atoms with Gasteiger partial charge in [0, 0.05) is 19.6 Å². The van der Waals surface area contributed by atoms with Crippen LogP contribution >= 0.6 is 0 Å². The number of likely N-dealkylation sites (tertiary alicyclic amines) is 1. The van der Waals surface area contributed by atoms with Crippen molar-refractivity contribution >= 4 is 12.2 Å². The molecule has 1 heterocycles. The number of amides is 2. The molecule has 152 valence electrons. The maximum absolute atomic E-state index is 12.6. The molecule has 1 fully saturated rings. The summed E-state index contributed by atoms with van der Waals surface area (Å²) in [6, 6.07) is -0.0461. The van der Waals surface area contributed by atoms with Gasteiger partial charge in [0.2, 0.25) is 0 Å². The number of rotatable bonds is 6. The molecular formula is C19H37N3O4. The number of hydrogen-bond donors (Lipinski definition) is 1. The van der Waals surface area contributed by atoms with Crippen LogP contribution < -0.4 is 5.73 Å². The number of carbonyl (C=O) groups excluding carboxylic acids is 2. The average molecular weight is 372 g/mol. The molecule has 0 aromatic carbocycles. The smallest absolute Gasteiger partial charge is 0.410 e. The minimum absolute atomic E-state index is 0.0461. The standard InChI is InChI=1S/C19H37N3O4/c1-18(2,3)25-16(23)21(12-8-7-11-20)14-15-10-9-13-22(15)17(24)26-19(4,5)6/h15H,7-14,20H2,1-6H3/t15-/m0/s1. The molecule has 0 unspecified atom stereocenters. The Hall–Kier alpha value is -1.50. The van der Waals surface area contributed by atoms with Crippen LogP contribution in [0.4, 0.5) is 9.59 Å². The molecule has 26 heavy (non-hydrogen) atoms. The van der Waals surface area contributed by atoms with E-state index in [4.69, 9.17) is 15.2 Å². The highest BCUT2D eigenvalue weighted by Gasteiger charge is 2.35. The first-order chi connectivity index (χ1) is 11.9. The first kappa shape index (κ1) is 22.5. The average Bonchev–Trinajstić information content (AvgIpc) is 2.91. The number of nitrogens with zero attached hydrogens (tertiary/aromatic N) is 2. The number of nitrogens with two attached hydrogens (primary N) is 1. The Kier molecular flexibility index (Phi) is 8.18. The van der Waals surface area contributed by atoms with E-state index in [-0.39, 0.29) is 18.2 Å². The van der Waals surface area contributed by atoms with Crippen molar-refractivity contribution in [2.45, 2.75) is 84.5 Å². The fraction of sp³-hybridized carbons (Fsp3) is 0.895. The second kappa shape index (κ2) is 9.44. The lowest BCUT2D eigenvalue weighted by Gasteiger charge is -2.33. The molecule has 0 aromatic heterocycles. The van der Waals surface area contributed by atoms with Crippen LogP contribution in [0.15, 0.2) is 0 Å². The van der Waals surface area contributed by atoms with E-state index in [1.807, 2.05) is 41.5 Å². The van der Waals surface area contributed by atoms with Crippen molar-refractivity contribution in [3.8, 4) is 0 Å². The molecule has 7 nitrogen and oxygen atoms in total. The second-order valence-electron chi connectivity index (χ2n) is 8.89. The van der Waals surface area contributed by atoms with Crippen LogP contribution in [-0.2, 0) is 9.47 Å². The zero-order valence-corrected chi connectivity index (χ0v) is 17.3. The summed E-state index contributed by atoms with van der Waals surface area (Å²) in [6.45, 7) is 13.4. The predicted molar refractivity (Wildman–Crippen MR) is 102 cm³/mol. The molecule has 2 N–H and O–H groups in total. The normalized spacial score (nSPS) is 18.0. The van der Waals surface area contributed by atoms with Gasteiger partial charge in [-0.3, -0.25) is 0 Å². The largest absolute Gasteiger partial charge is 0.444 e. The number of hydrogen-bond acceptors (Lipinski definition) is 5. The second-order valence-corrected chi connectivity index (χ2v) is 8.89. The highest BCUT2D eigenvalue weighted by atomic mass is 16.6. The van der Waals surface area contributed by atoms with Gasteiger partial charge in [0.25, 0.3) is 0 Å². The van der Waals surface area contributed by atoms with Crippen LogP contribution in [0.5, 0.6) is 0 Å². The maximum atomic E-state index is 12.6. The third kappa shape index (κ3) is 8.25. The van der Waals surface area contributed by atoms with Gasteiger partial charge in [-0.2, -0.15) is 0 Å². The van der Waals surface area contributed by atoms with Gasteiger partial charge in [-0.15, -0.1) is 0 Å². The van der Waals surface area contributed by atoms with E-state index in [9.17, 15) is 9.59 Å². The quantitative estimate of drug-likeness (QED) is 0.724. The highest BCUT2D eigenvalue weighted by molar-refractivity contribution is 5.70. The van der Waals surface area contributed by atoms with Gasteiger partial charge in [-0.1, -0.05) is 0 Å². The van der Waals surface area contributed by atoms with E-state index in [2.05, 4.69) is 0 Å². The summed E-state index contributed by atoms with van der Waals surface area (Å²) in [5.41, 5.74) is 4.49. The topological polar surface area (TPSA) is 85.1 Å². The summed E-state index contributed by atoms with van der Waals surface area (Å²) < 4.78 is 11.0. The van der Waals surface area contributed by atoms with E-state index >= 15 is 0 Å². The molecule has 0 bridgehead atoms. The van der Waals surface area contributed by atoms with Crippen molar-refractivity contribution in [1.82, 2.24) is 9.80 Å². The monoisotopic (exact) mass is 371 g/mol. The van der Waals surface area contributed by atoms with E-state index in [0.29, 0.717) is 26.2 Å². The Morgan fingerprint density at radius 1 is 1.08 bits per heavy atom. The fourth-order valence-corrected chi connectivity index (χ4v) is 2.87. The minimum Gasteiger partial charge on any atom is -0.444 e. The van der Waals surface area contributed by atoms with E-state index in [0.717, 1.165) is 25.7 Å². The summed E-state index contributed by atoms with van der Waals surface area (Å²) in [7, 11) is 0. The van der Waals surface area contributed by atoms with Crippen molar-refractivity contribution in [1.29, 1.82) is 0 Å². The zero-order chi connectivity index (χ0) is 20.0. The molecule has 0 radical (unpaired) electrons. The third-order valence-corrected chi connectivity index (χ3v) is 3.97. The molecule has 0 saturated carbocycles. The van der Waals surface area contributed by atoms with E-state index in [1.165, 1.54) is 0 Å². The Morgan fingerprint density at radius 3 is 2.23 bits per heavy atom. The number of unbranched alkanes of at least 4 members (excludes halogenated alkanes) is 1. The number of carbonyl (C=O) groups is 2. The molecule has 7 heteroatoms. The summed E-state index contributed by atoms with van der Waals surface area (Å²) in [5.74, 6) is 0. The van der Waals surface area contributed by atoms with Gasteiger partial charge in [0.15, 0.2) is 0 Å². The first-order valence-corrected chi connectivity index (χ1v) is 9.60. The fourth-order valence-electron chi connectivity index (χ4n) is 2.87. The summed E-state index contributed by atoms with van der Waals surface area (Å²) in [6.07, 6.45) is 2.77. The lowest BCUT2D eigenvalue weighted by atomic mass is 10.2. The Balaban J connectivity index is 2.77. The Labute approximate surface area is 158 Å². The first-order valence-electron chi connectivity index (χ1n) is 9.60. The molecule has 1 atom stereocenters. The lowest BCUT2D eigenvalue weighted by Crippen LogP contribution is -2.48. The summed E-state index contributed by atoms with van der Waals surface area (Å²) in [4.78, 5) is 28.5. The van der Waals surface area contributed by atoms with Crippen molar-refractivity contribution in [3.05, 3.63) is 0 Å². The molecule has 2 amide bonds. The molecule has 1 rings (SSSR count). The van der Waals surface area contributed by atoms with Crippen molar-refractivity contribution in [2.24, 2.45) is 5.73 Å². The zero-order valence-electron chi connectivity index (χ0n) is 17.3. The predicted octanol–water partition coefficient (Wildman–Crippen LogP) is 3.36. The van der Waals surface area contributed by atoms with E-state index < -0.39 is 11.2 Å². The summed E-state index contributed by atoms with van der Waals surface area (Å²) in [5, 5.41) is 0. The molecule has 0 aliphatic carbocycles. The Morgan fingerprint density at radius 2 is 1.69 bits per heavy atom. The SMILES string of the molecule is CC(C)(C)OC(=O)N(CCCCN)C[C@@H]1CCCN1C(=O)OC(C)(C)C. The number of ether oxygens (including phenoxy) is 2. The van der Waals surface area contributed by atoms with Crippen LogP contribution in [0.25, 0.3) is 0 Å². The maximum Gasteiger partial charge on any atom is 0.410 e. The van der Waals surface area contributed by atoms with Gasteiger partial charge >= 0.3 is 12.2 Å². The van der Waals surface area contributed by atoms with Gasteiger partial charge < -0.3 is 25.0 Å². The van der Waals surface area contributed by atoms with Crippen molar-refractivity contribution in [2.75, 3.05) is 26.2 Å². The molecule has 0 spiro atoms. The van der Waals surface area contributed by atoms with Crippen LogP contribution in [-0.4, -0.2) is 65.4 Å². The summed E-state index contributed by atoms with van der Waals surface area (Å²) >= 11 is 0. The van der Waals surface area contributed by atoms with E-state index in [1.54, 1.807) is 9.80 Å². The van der Waals surface area contributed by atoms with Gasteiger partial charge in [-0.05, 0) is 73.8 Å².